The van der Waals surface area contributed by atoms with Crippen LogP contribution >= 0.6 is 47.8 Å². The average Bonchev–Trinajstić information content (AvgIpc) is 1.14. The van der Waals surface area contributed by atoms with Crippen LogP contribution in [0.2, 0.25) is 0 Å². The number of phenolic OH excluding ortho intramolecular Hbond substituents is 1. The van der Waals surface area contributed by atoms with Crippen LogP contribution in [-0.4, -0.2) is 82.3 Å². The number of hydrogen-bond acceptors (Lipinski definition) is 12. The van der Waals surface area contributed by atoms with E-state index in [0.29, 0.717) is 31.3 Å². The number of ether oxygens (including phenoxy) is 2. The minimum atomic E-state index is -1.45. The molecule has 3 atom stereocenters. The Kier molecular flexibility index (Phi) is 22.9. The van der Waals surface area contributed by atoms with Crippen molar-refractivity contribution in [2.45, 2.75) is 194 Å². The van der Waals surface area contributed by atoms with E-state index in [4.69, 9.17) is 28.1 Å². The summed E-state index contributed by atoms with van der Waals surface area (Å²) in [6.45, 7) is 22.4. The molecule has 1 N–H and O–H groups in total. The third-order valence-electron chi connectivity index (χ3n) is 19.8. The molecule has 100 heavy (non-hydrogen) atoms. The largest absolute Gasteiger partial charge is 0.506 e. The molecule has 5 aliphatic heterocycles. The van der Waals surface area contributed by atoms with Gasteiger partial charge in [-0.1, -0.05) is 0 Å². The molecule has 14 rings (SSSR count). The number of anilines is 3. The van der Waals surface area contributed by atoms with E-state index in [1.807, 2.05) is 107 Å². The molecule has 28 heteroatoms. The Balaban J connectivity index is 0.000000138. The third kappa shape index (κ3) is 16.6. The fourth-order valence-corrected chi connectivity index (χ4v) is 13.4. The number of halogens is 10. The van der Waals surface area contributed by atoms with Gasteiger partial charge in [0.25, 0.3) is 0 Å². The number of amides is 3. The molecule has 5 fully saturated rings. The molecule has 534 valence electrons. The van der Waals surface area contributed by atoms with Gasteiger partial charge in [-0.2, -0.15) is 4.39 Å². The molecule has 0 spiro atoms. The van der Waals surface area contributed by atoms with Gasteiger partial charge in [0, 0.05) is 70.8 Å². The van der Waals surface area contributed by atoms with E-state index in [2.05, 4.69) is 61.6 Å². The Morgan fingerprint density at radius 2 is 0.850 bits per heavy atom. The van der Waals surface area contributed by atoms with Gasteiger partial charge in [-0.05, 0) is 262 Å². The van der Waals surface area contributed by atoms with Crippen LogP contribution in [0.1, 0.15) is 151 Å². The lowest BCUT2D eigenvalue weighted by Gasteiger charge is -2.36. The molecular weight excluding hydrogens is 1510 g/mol. The molecule has 2 saturated heterocycles. The molecule has 0 aromatic heterocycles. The number of carbonyl (C=O) groups excluding carboxylic acids is 3. The minimum Gasteiger partial charge on any atom is -0.506 e. The second-order valence-corrected chi connectivity index (χ2v) is 30.9. The highest BCUT2D eigenvalue weighted by Gasteiger charge is 2.64. The molecule has 0 radical (unpaired) electrons. The molecule has 8 aliphatic rings. The maximum atomic E-state index is 14.0. The second kappa shape index (κ2) is 30.0. The van der Waals surface area contributed by atoms with Gasteiger partial charge in [-0.25, -0.2) is 26.3 Å². The van der Waals surface area contributed by atoms with E-state index < -0.39 is 65.3 Å². The molecule has 5 heterocycles. The Bertz CT molecular complexity index is 4080. The number of nitro groups is 1. The van der Waals surface area contributed by atoms with Gasteiger partial charge in [0.2, 0.25) is 23.5 Å². The second-order valence-electron chi connectivity index (χ2n) is 28.3. The SMILES string of the molecule is CC1(C)OB(B2OC(C)(C)C(C)(C)O2)OC1(C)C.C[C@H]1CCc2c(ccc(Br)c2O)N1C(=O)C1CC1.C[C@H]1CCc2c(ccc(Br)c2Oc2cc(F)ccc2F)N1C(=O)C1CC1.C[C@H]1CCc2c(ccc(Br)c2Oc2ccc(F)c(F)c2)N1C(=O)C1CC1.O=[N+]([O-])c1cc(F)c(F)cc1F. The Labute approximate surface area is 602 Å². The van der Waals surface area contributed by atoms with Crippen molar-refractivity contribution >= 4 is 102 Å². The lowest BCUT2D eigenvalue weighted by molar-refractivity contribution is -0.387. The monoisotopic (exact) mass is 1580 g/mol. The van der Waals surface area contributed by atoms with E-state index in [1.54, 1.807) is 6.07 Å². The molecule has 0 unspecified atom stereocenters. The van der Waals surface area contributed by atoms with Gasteiger partial charge in [-0.3, -0.25) is 24.5 Å². The number of phenols is 1. The fraction of sp³-hybridized carbons (Fsp3) is 0.458. The summed E-state index contributed by atoms with van der Waals surface area (Å²) in [5.74, 6) is -5.04. The summed E-state index contributed by atoms with van der Waals surface area (Å²) in [5, 5.41) is 20.1. The average molecular weight is 1590 g/mol. The van der Waals surface area contributed by atoms with Gasteiger partial charge in [0.15, 0.2) is 34.8 Å². The van der Waals surface area contributed by atoms with Crippen molar-refractivity contribution in [1.29, 1.82) is 0 Å². The maximum absolute atomic E-state index is 14.0. The molecule has 3 amide bonds. The van der Waals surface area contributed by atoms with Crippen molar-refractivity contribution in [2.24, 2.45) is 17.8 Å². The number of nitrogens with zero attached hydrogens (tertiary/aromatic N) is 4. The van der Waals surface area contributed by atoms with Crippen molar-refractivity contribution in [1.82, 2.24) is 0 Å². The minimum absolute atomic E-state index is 0.107. The Morgan fingerprint density at radius 3 is 1.26 bits per heavy atom. The summed E-state index contributed by atoms with van der Waals surface area (Å²) in [6, 6.07) is 18.6. The first kappa shape index (κ1) is 76.1. The lowest BCUT2D eigenvalue weighted by Crippen LogP contribution is -2.43. The lowest BCUT2D eigenvalue weighted by atomic mass is 9.49. The van der Waals surface area contributed by atoms with Crippen molar-refractivity contribution in [3.05, 3.63) is 166 Å². The van der Waals surface area contributed by atoms with Crippen LogP contribution in [0.25, 0.3) is 0 Å². The summed E-state index contributed by atoms with van der Waals surface area (Å²) < 4.78 is 129. The van der Waals surface area contributed by atoms with Gasteiger partial charge in [-0.15, -0.1) is 0 Å². The van der Waals surface area contributed by atoms with Crippen LogP contribution in [0, 0.1) is 68.6 Å². The number of hydrogen-bond donors (Lipinski definition) is 1. The van der Waals surface area contributed by atoms with E-state index in [0.717, 1.165) is 135 Å². The van der Waals surface area contributed by atoms with Crippen molar-refractivity contribution in [3.63, 3.8) is 0 Å². The van der Waals surface area contributed by atoms with Crippen molar-refractivity contribution in [2.75, 3.05) is 14.7 Å². The number of rotatable bonds is 9. The molecular formula is C72H78B2Br3F7N4O12. The van der Waals surface area contributed by atoms with Crippen molar-refractivity contribution in [3.8, 4) is 28.7 Å². The molecule has 0 bridgehead atoms. The van der Waals surface area contributed by atoms with Crippen LogP contribution in [0.3, 0.4) is 0 Å². The molecule has 3 saturated carbocycles. The van der Waals surface area contributed by atoms with Crippen molar-refractivity contribution < 1.29 is 83.2 Å². The highest BCUT2D eigenvalue weighted by atomic mass is 79.9. The quantitative estimate of drug-likeness (QED) is 0.0477. The molecule has 6 aromatic carbocycles. The number of benzene rings is 6. The molecule has 6 aromatic rings. The van der Waals surface area contributed by atoms with Gasteiger partial charge in [0.1, 0.15) is 28.8 Å². The summed E-state index contributed by atoms with van der Waals surface area (Å²) in [7, 11) is -0.952. The zero-order valence-corrected chi connectivity index (χ0v) is 62.0. The third-order valence-corrected chi connectivity index (χ3v) is 21.7. The van der Waals surface area contributed by atoms with Gasteiger partial charge < -0.3 is 47.9 Å². The van der Waals surface area contributed by atoms with Gasteiger partial charge >= 0.3 is 19.7 Å². The summed E-state index contributed by atoms with van der Waals surface area (Å²) in [5.41, 5.74) is 2.69. The fourth-order valence-electron chi connectivity index (χ4n) is 12.1. The van der Waals surface area contributed by atoms with Crippen LogP contribution in [-0.2, 0) is 52.3 Å². The number of fused-ring (bicyclic) bond motifs is 3. The molecule has 3 aliphatic carbocycles. The molecule has 16 nitrogen and oxygen atoms in total. The highest BCUT2D eigenvalue weighted by molar-refractivity contribution is 9.11. The first-order chi connectivity index (χ1) is 46.9. The zero-order valence-electron chi connectivity index (χ0n) is 57.2. The van der Waals surface area contributed by atoms with Crippen LogP contribution in [0.15, 0.2) is 98.3 Å². The number of nitro benzene ring substituents is 1. The summed E-state index contributed by atoms with van der Waals surface area (Å²) >= 11 is 10.3. The Hall–Kier alpha value is -6.55. The summed E-state index contributed by atoms with van der Waals surface area (Å²) in [4.78, 5) is 52.3. The highest BCUT2D eigenvalue weighted by Crippen LogP contribution is 2.49. The van der Waals surface area contributed by atoms with Crippen LogP contribution < -0.4 is 24.2 Å². The summed E-state index contributed by atoms with van der Waals surface area (Å²) in [6.07, 6.45) is 10.6. The van der Waals surface area contributed by atoms with E-state index >= 15 is 0 Å². The predicted molar refractivity (Wildman–Crippen MR) is 376 cm³/mol. The van der Waals surface area contributed by atoms with E-state index in [1.165, 1.54) is 6.07 Å². The first-order valence-corrected chi connectivity index (χ1v) is 35.7. The van der Waals surface area contributed by atoms with E-state index in [9.17, 15) is 60.3 Å². The standard InChI is InChI=1S/2C20H18BrF2NO2.C14H16BrNO2.C12H24B2O4.C6H2F3NO2/c1-11-2-6-14-18(24(11)20(25)12-3-4-12)9-7-15(21)19(14)26-13-5-8-16(22)17(23)10-13;1-11-2-6-14-17(24(11)20(25)12-3-4-12)9-7-15(21)19(14)26-18-10-13(22)5-8-16(18)23;1-8-2-5-10-12(7-6-11(15)13(10)17)16(8)14(18)9-3-4-9;1-9(2)10(3,4)16-13(15-9)14-17-11(5,6)12(7,8)18-14;7-3-1-5(9)6(10(11)12)2-4(3)8/h2*5,7-12H,2-4,6H2,1H3;6-9,17H,2-5H2,1H3;1-8H3;1-2H/t2*11-;8-;;/m000../s1. The smallest absolute Gasteiger partial charge is 0.488 e. The maximum Gasteiger partial charge on any atom is 0.488 e. The zero-order chi connectivity index (χ0) is 73.0. The number of aromatic hydroxyl groups is 1. The van der Waals surface area contributed by atoms with E-state index in [-0.39, 0.29) is 105 Å². The normalized spacial score (nSPS) is 21.1. The van der Waals surface area contributed by atoms with Gasteiger partial charge in [0.05, 0.1) is 63.9 Å². The van der Waals surface area contributed by atoms with Crippen LogP contribution in [0.5, 0.6) is 28.7 Å². The first-order valence-electron chi connectivity index (χ1n) is 33.3. The van der Waals surface area contributed by atoms with Crippen LogP contribution in [0.4, 0.5) is 53.5 Å². The predicted octanol–water partition coefficient (Wildman–Crippen LogP) is 18.7. The topological polar surface area (TPSA) is 180 Å². The number of carbonyl (C=O) groups is 3. The Morgan fingerprint density at radius 1 is 0.480 bits per heavy atom.